The summed E-state index contributed by atoms with van der Waals surface area (Å²) in [5, 5.41) is 12.6. The molecule has 7 aromatic rings. The summed E-state index contributed by atoms with van der Waals surface area (Å²) in [7, 11) is 0. The topological polar surface area (TPSA) is 111 Å². The first kappa shape index (κ1) is 32.5. The van der Waals surface area contributed by atoms with Crippen molar-refractivity contribution in [2.24, 2.45) is 5.92 Å². The minimum atomic E-state index is -0.586. The van der Waals surface area contributed by atoms with Crippen LogP contribution in [0.15, 0.2) is 134 Å². The Kier molecular flexibility index (Phi) is 9.07. The minimum absolute atomic E-state index is 0.00612. The van der Waals surface area contributed by atoms with Gasteiger partial charge in [0.05, 0.1) is 60.0 Å². The van der Waals surface area contributed by atoms with Crippen LogP contribution in [0.5, 0.6) is 0 Å². The zero-order valence-corrected chi connectivity index (χ0v) is 28.1. The average Bonchev–Trinajstić information content (AvgIpc) is 3.60. The summed E-state index contributed by atoms with van der Waals surface area (Å²) in [5.41, 5.74) is 9.59. The van der Waals surface area contributed by atoms with Crippen LogP contribution in [0.2, 0.25) is 0 Å². The van der Waals surface area contributed by atoms with E-state index in [0.717, 1.165) is 49.9 Å². The van der Waals surface area contributed by atoms with E-state index in [1.807, 2.05) is 85.2 Å². The Hall–Kier alpha value is -5.74. The fourth-order valence-corrected chi connectivity index (χ4v) is 6.71. The summed E-state index contributed by atoms with van der Waals surface area (Å²) in [6, 6.07) is 39.9. The van der Waals surface area contributed by atoms with Crippen molar-refractivity contribution >= 4 is 28.0 Å². The third-order valence-electron chi connectivity index (χ3n) is 9.60. The number of hydrogen-bond donors (Lipinski definition) is 2. The molecule has 1 fully saturated rings. The van der Waals surface area contributed by atoms with Crippen molar-refractivity contribution in [2.75, 3.05) is 0 Å². The van der Waals surface area contributed by atoms with Gasteiger partial charge in [0.25, 0.3) is 5.91 Å². The predicted octanol–water partition coefficient (Wildman–Crippen LogP) is 7.56. The zero-order chi connectivity index (χ0) is 34.7. The summed E-state index contributed by atoms with van der Waals surface area (Å²) < 4.78 is 15.6. The summed E-state index contributed by atoms with van der Waals surface area (Å²) in [4.78, 5) is 26.3. The number of ether oxygens (including phenoxy) is 2. The summed E-state index contributed by atoms with van der Waals surface area (Å²) in [6.07, 6.45) is 2.42. The van der Waals surface area contributed by atoms with E-state index in [4.69, 9.17) is 9.47 Å². The molecule has 1 aliphatic rings. The Morgan fingerprint density at radius 2 is 1.51 bits per heavy atom. The first-order valence-corrected chi connectivity index (χ1v) is 17.1. The van der Waals surface area contributed by atoms with Crippen LogP contribution in [0.25, 0.3) is 33.2 Å². The van der Waals surface area contributed by atoms with Gasteiger partial charge in [-0.2, -0.15) is 0 Å². The highest BCUT2D eigenvalue weighted by molar-refractivity contribution is 5.93. The number of para-hydroxylation sites is 4. The van der Waals surface area contributed by atoms with Gasteiger partial charge in [-0.1, -0.05) is 97.9 Å². The van der Waals surface area contributed by atoms with Crippen molar-refractivity contribution in [1.29, 1.82) is 0 Å². The molecule has 5 aromatic carbocycles. The summed E-state index contributed by atoms with van der Waals surface area (Å²) in [5.74, 6) is -0.231. The van der Waals surface area contributed by atoms with E-state index >= 15 is 0 Å². The molecule has 1 saturated heterocycles. The molecule has 1 amide bonds. The Bertz CT molecular complexity index is 2300. The normalized spacial score (nSPS) is 18.9. The van der Waals surface area contributed by atoms with Gasteiger partial charge in [-0.3, -0.25) is 9.78 Å². The van der Waals surface area contributed by atoms with Gasteiger partial charge < -0.3 is 24.5 Å². The molecule has 1 aliphatic heterocycles. The maximum Gasteiger partial charge on any atom is 0.271 e. The molecule has 9 heteroatoms. The van der Waals surface area contributed by atoms with E-state index in [9.17, 15) is 9.90 Å². The van der Waals surface area contributed by atoms with Crippen LogP contribution in [-0.2, 0) is 29.2 Å². The zero-order valence-electron chi connectivity index (χ0n) is 28.1. The molecule has 0 saturated carbocycles. The minimum Gasteiger partial charge on any atom is -0.392 e. The number of carbonyl (C=O) groups is 1. The van der Waals surface area contributed by atoms with E-state index in [1.165, 1.54) is 6.20 Å². The van der Waals surface area contributed by atoms with E-state index < -0.39 is 6.29 Å². The maximum atomic E-state index is 12.9. The van der Waals surface area contributed by atoms with Gasteiger partial charge in [0.2, 0.25) is 0 Å². The summed E-state index contributed by atoms with van der Waals surface area (Å²) >= 11 is 0. The molecule has 8 rings (SSSR count). The lowest BCUT2D eigenvalue weighted by atomic mass is 9.90. The second-order valence-corrected chi connectivity index (χ2v) is 13.0. The molecule has 0 aliphatic carbocycles. The van der Waals surface area contributed by atoms with Crippen molar-refractivity contribution in [3.05, 3.63) is 162 Å². The van der Waals surface area contributed by atoms with Crippen LogP contribution < -0.4 is 5.32 Å². The number of amides is 1. The van der Waals surface area contributed by atoms with Gasteiger partial charge in [-0.25, -0.2) is 9.97 Å². The molecule has 0 unspecified atom stereocenters. The number of imidazole rings is 1. The molecule has 3 heterocycles. The first-order valence-electron chi connectivity index (χ1n) is 17.1. The van der Waals surface area contributed by atoms with E-state index in [2.05, 4.69) is 74.2 Å². The highest BCUT2D eigenvalue weighted by atomic mass is 16.7. The van der Waals surface area contributed by atoms with Crippen LogP contribution in [0, 0.1) is 5.92 Å². The van der Waals surface area contributed by atoms with Gasteiger partial charge >= 0.3 is 0 Å². The quantitative estimate of drug-likeness (QED) is 0.162. The lowest BCUT2D eigenvalue weighted by Gasteiger charge is -2.41. The lowest BCUT2D eigenvalue weighted by Crippen LogP contribution is -2.39. The molecule has 254 valence electrons. The van der Waals surface area contributed by atoms with Crippen molar-refractivity contribution < 1.29 is 19.4 Å². The van der Waals surface area contributed by atoms with E-state index in [-0.39, 0.29) is 36.3 Å². The number of aliphatic hydroxyl groups is 1. The number of fused-ring (bicyclic) bond motifs is 2. The standard InChI is InChI=1S/C42H37N5O4/c1-27-39(24-47-26-45-36-11-4-5-12-38(36)47)50-42(51-40(27)31-15-13-28(25-48)14-16-31)32-19-17-30(18-20-32)33-8-6-7-29(21-33)22-44-41(49)37-23-43-34-9-2-3-10-35(34)46-37/h2-21,23,26-27,39-40,42,48H,22,24-25H2,1H3,(H,44,49)/t27-,39+,40+,42+/m0/s1. The molecule has 2 aromatic heterocycles. The number of nitrogens with one attached hydrogen (secondary N) is 1. The smallest absolute Gasteiger partial charge is 0.271 e. The van der Waals surface area contributed by atoms with Crippen LogP contribution >= 0.6 is 0 Å². The van der Waals surface area contributed by atoms with Crippen molar-refractivity contribution in [3.63, 3.8) is 0 Å². The number of benzene rings is 5. The van der Waals surface area contributed by atoms with Crippen LogP contribution in [-0.4, -0.2) is 36.6 Å². The maximum absolute atomic E-state index is 12.9. The van der Waals surface area contributed by atoms with E-state index in [1.54, 1.807) is 0 Å². The predicted molar refractivity (Wildman–Crippen MR) is 195 cm³/mol. The number of carbonyl (C=O) groups excluding carboxylic acids is 1. The number of rotatable bonds is 9. The van der Waals surface area contributed by atoms with Crippen LogP contribution in [0.3, 0.4) is 0 Å². The van der Waals surface area contributed by atoms with Crippen LogP contribution in [0.1, 0.15) is 52.1 Å². The first-order chi connectivity index (χ1) is 25.0. The SMILES string of the molecule is C[C@H]1[C@@H](Cn2cnc3ccccc32)O[C@@H](c2ccc(-c3cccc(CNC(=O)c4cnc5ccccc5n4)c3)cc2)O[C@H]1c1ccc(CO)cc1. The number of nitrogens with zero attached hydrogens (tertiary/aromatic N) is 4. The molecule has 4 atom stereocenters. The van der Waals surface area contributed by atoms with Gasteiger partial charge in [0.1, 0.15) is 5.69 Å². The third kappa shape index (κ3) is 6.87. The molecule has 51 heavy (non-hydrogen) atoms. The molecule has 0 radical (unpaired) electrons. The average molecular weight is 676 g/mol. The molecule has 2 N–H and O–H groups in total. The highest BCUT2D eigenvalue weighted by Crippen LogP contribution is 2.42. The fourth-order valence-electron chi connectivity index (χ4n) is 6.71. The largest absolute Gasteiger partial charge is 0.392 e. The van der Waals surface area contributed by atoms with Gasteiger partial charge in [-0.15, -0.1) is 0 Å². The molecule has 9 nitrogen and oxygen atoms in total. The summed E-state index contributed by atoms with van der Waals surface area (Å²) in [6.45, 7) is 3.14. The third-order valence-corrected chi connectivity index (χ3v) is 9.60. The van der Waals surface area contributed by atoms with Gasteiger partial charge in [-0.05, 0) is 58.1 Å². The van der Waals surface area contributed by atoms with Gasteiger partial charge in [0, 0.05) is 18.0 Å². The molecule has 0 bridgehead atoms. The molecular weight excluding hydrogens is 638 g/mol. The molecular formula is C42H37N5O4. The Morgan fingerprint density at radius 3 is 2.31 bits per heavy atom. The second-order valence-electron chi connectivity index (χ2n) is 13.0. The number of aliphatic hydroxyl groups excluding tert-OH is 1. The number of aromatic nitrogens is 4. The Balaban J connectivity index is 0.998. The van der Waals surface area contributed by atoms with Crippen molar-refractivity contribution in [2.45, 2.75) is 45.1 Å². The number of hydrogen-bond acceptors (Lipinski definition) is 7. The monoisotopic (exact) mass is 675 g/mol. The van der Waals surface area contributed by atoms with Crippen molar-refractivity contribution in [1.82, 2.24) is 24.8 Å². The van der Waals surface area contributed by atoms with Crippen LogP contribution in [0.4, 0.5) is 0 Å². The highest BCUT2D eigenvalue weighted by Gasteiger charge is 2.38. The van der Waals surface area contributed by atoms with E-state index in [0.29, 0.717) is 18.6 Å². The van der Waals surface area contributed by atoms with Gasteiger partial charge in [0.15, 0.2) is 6.29 Å². The lowest BCUT2D eigenvalue weighted by molar-refractivity contribution is -0.276. The molecule has 0 spiro atoms. The second kappa shape index (κ2) is 14.2. The van der Waals surface area contributed by atoms with Crippen molar-refractivity contribution in [3.8, 4) is 11.1 Å². The fraction of sp³-hybridized carbons (Fsp3) is 0.190. The Morgan fingerprint density at radius 1 is 0.765 bits per heavy atom. The Labute approximate surface area is 295 Å².